The minimum absolute atomic E-state index is 0.470. The highest BCUT2D eigenvalue weighted by Gasteiger charge is 2.00. The van der Waals surface area contributed by atoms with Crippen molar-refractivity contribution in [1.82, 2.24) is 15.2 Å². The van der Waals surface area contributed by atoms with E-state index in [2.05, 4.69) is 25.2 Å². The average molecular weight is 214 g/mol. The Morgan fingerprint density at radius 3 is 3.38 bits per heavy atom. The van der Waals surface area contributed by atoms with Crippen LogP contribution in [0.5, 0.6) is 0 Å². The SMILES string of the molecule is [N-]=[N+]=NCCC=Cc1[nH]nc2ncccc12. The molecular weight excluding hydrogens is 204 g/mol. The highest BCUT2D eigenvalue weighted by Crippen LogP contribution is 2.14. The van der Waals surface area contributed by atoms with Crippen LogP contribution in [0.15, 0.2) is 29.5 Å². The van der Waals surface area contributed by atoms with Crippen LogP contribution in [0.2, 0.25) is 0 Å². The van der Waals surface area contributed by atoms with Gasteiger partial charge in [-0.2, -0.15) is 5.10 Å². The van der Waals surface area contributed by atoms with E-state index in [-0.39, 0.29) is 0 Å². The minimum atomic E-state index is 0.470. The molecule has 0 aliphatic heterocycles. The fourth-order valence-corrected chi connectivity index (χ4v) is 1.37. The normalized spacial score (nSPS) is 10.8. The first-order valence-corrected chi connectivity index (χ1v) is 4.88. The molecule has 2 heterocycles. The second kappa shape index (κ2) is 4.95. The molecule has 0 saturated heterocycles. The molecule has 0 unspecified atom stereocenters. The van der Waals surface area contributed by atoms with Crippen molar-refractivity contribution in [2.45, 2.75) is 6.42 Å². The Morgan fingerprint density at radius 1 is 1.56 bits per heavy atom. The summed E-state index contributed by atoms with van der Waals surface area (Å²) in [5, 5.41) is 11.4. The predicted molar refractivity (Wildman–Crippen MR) is 61.6 cm³/mol. The Morgan fingerprint density at radius 2 is 2.50 bits per heavy atom. The van der Waals surface area contributed by atoms with Gasteiger partial charge in [0.2, 0.25) is 0 Å². The molecule has 0 radical (unpaired) electrons. The number of aromatic nitrogens is 3. The van der Waals surface area contributed by atoms with Gasteiger partial charge >= 0.3 is 0 Å². The van der Waals surface area contributed by atoms with Crippen molar-refractivity contribution >= 4 is 17.1 Å². The van der Waals surface area contributed by atoms with Crippen LogP contribution in [0.25, 0.3) is 27.6 Å². The standard InChI is InChI=1S/C10H10N6/c11-16-13-7-2-1-5-9-8-4-3-6-12-10(8)15-14-9/h1,3-6H,2,7H2,(H,12,14,15). The van der Waals surface area contributed by atoms with Gasteiger partial charge in [-0.1, -0.05) is 11.2 Å². The van der Waals surface area contributed by atoms with E-state index in [1.165, 1.54) is 0 Å². The molecule has 80 valence electrons. The number of aromatic amines is 1. The van der Waals surface area contributed by atoms with Gasteiger partial charge in [-0.25, -0.2) is 4.98 Å². The third-order valence-corrected chi connectivity index (χ3v) is 2.10. The van der Waals surface area contributed by atoms with Crippen molar-refractivity contribution in [3.8, 4) is 0 Å². The monoisotopic (exact) mass is 214 g/mol. The predicted octanol–water partition coefficient (Wildman–Crippen LogP) is 2.67. The molecule has 16 heavy (non-hydrogen) atoms. The topological polar surface area (TPSA) is 90.3 Å². The van der Waals surface area contributed by atoms with Crippen LogP contribution in [0.3, 0.4) is 0 Å². The van der Waals surface area contributed by atoms with Crippen molar-refractivity contribution in [3.05, 3.63) is 40.5 Å². The van der Waals surface area contributed by atoms with Gasteiger partial charge in [0.15, 0.2) is 5.65 Å². The number of hydrogen-bond donors (Lipinski definition) is 1. The molecule has 0 atom stereocenters. The van der Waals surface area contributed by atoms with Gasteiger partial charge in [-0.05, 0) is 30.2 Å². The Balaban J connectivity index is 2.12. The molecule has 1 N–H and O–H groups in total. The first-order chi connectivity index (χ1) is 7.92. The van der Waals surface area contributed by atoms with Gasteiger partial charge in [-0.15, -0.1) is 0 Å². The maximum Gasteiger partial charge on any atom is 0.181 e. The zero-order valence-corrected chi connectivity index (χ0v) is 8.54. The van der Waals surface area contributed by atoms with Crippen LogP contribution in [-0.4, -0.2) is 21.7 Å². The molecule has 0 spiro atoms. The zero-order chi connectivity index (χ0) is 11.2. The number of nitrogens with zero attached hydrogens (tertiary/aromatic N) is 5. The van der Waals surface area contributed by atoms with Crippen molar-refractivity contribution in [1.29, 1.82) is 0 Å². The smallest absolute Gasteiger partial charge is 0.181 e. The van der Waals surface area contributed by atoms with E-state index in [0.717, 1.165) is 11.1 Å². The number of fused-ring (bicyclic) bond motifs is 1. The lowest BCUT2D eigenvalue weighted by Gasteiger charge is -1.88. The zero-order valence-electron chi connectivity index (χ0n) is 8.54. The van der Waals surface area contributed by atoms with Gasteiger partial charge in [0.1, 0.15) is 0 Å². The highest BCUT2D eigenvalue weighted by molar-refractivity contribution is 5.83. The summed E-state index contributed by atoms with van der Waals surface area (Å²) in [4.78, 5) is 6.80. The molecule has 2 aromatic rings. The number of nitrogens with one attached hydrogen (secondary N) is 1. The van der Waals surface area contributed by atoms with E-state index in [9.17, 15) is 0 Å². The van der Waals surface area contributed by atoms with Crippen LogP contribution in [0.4, 0.5) is 0 Å². The van der Waals surface area contributed by atoms with E-state index >= 15 is 0 Å². The van der Waals surface area contributed by atoms with Gasteiger partial charge < -0.3 is 0 Å². The second-order valence-electron chi connectivity index (χ2n) is 3.16. The number of azide groups is 1. The highest BCUT2D eigenvalue weighted by atomic mass is 15.1. The van der Waals surface area contributed by atoms with E-state index < -0.39 is 0 Å². The number of H-pyrrole nitrogens is 1. The van der Waals surface area contributed by atoms with Crippen molar-refractivity contribution in [2.24, 2.45) is 5.11 Å². The fourth-order valence-electron chi connectivity index (χ4n) is 1.37. The van der Waals surface area contributed by atoms with Gasteiger partial charge in [0.25, 0.3) is 0 Å². The number of pyridine rings is 1. The third kappa shape index (κ3) is 2.18. The third-order valence-electron chi connectivity index (χ3n) is 2.10. The van der Waals surface area contributed by atoms with Crippen molar-refractivity contribution < 1.29 is 0 Å². The number of hydrogen-bond acceptors (Lipinski definition) is 3. The maximum absolute atomic E-state index is 8.10. The lowest BCUT2D eigenvalue weighted by atomic mass is 10.2. The summed E-state index contributed by atoms with van der Waals surface area (Å²) in [5.41, 5.74) is 9.73. The Hall–Kier alpha value is -2.33. The average Bonchev–Trinajstić information content (AvgIpc) is 2.73. The molecule has 6 nitrogen and oxygen atoms in total. The summed E-state index contributed by atoms with van der Waals surface area (Å²) in [6, 6.07) is 3.83. The summed E-state index contributed by atoms with van der Waals surface area (Å²) >= 11 is 0. The molecular formula is C10H10N6. The summed E-state index contributed by atoms with van der Waals surface area (Å²) in [6.07, 6.45) is 6.28. The maximum atomic E-state index is 8.10. The van der Waals surface area contributed by atoms with Crippen LogP contribution in [0.1, 0.15) is 12.1 Å². The molecule has 0 aliphatic carbocycles. The van der Waals surface area contributed by atoms with Gasteiger partial charge in [0.05, 0.1) is 5.69 Å². The summed E-state index contributed by atoms with van der Waals surface area (Å²) in [6.45, 7) is 0.470. The van der Waals surface area contributed by atoms with Crippen molar-refractivity contribution in [3.63, 3.8) is 0 Å². The molecule has 0 aliphatic rings. The lowest BCUT2D eigenvalue weighted by molar-refractivity contribution is 0.994. The quantitative estimate of drug-likeness (QED) is 0.367. The molecule has 2 rings (SSSR count). The number of rotatable bonds is 4. The van der Waals surface area contributed by atoms with E-state index in [1.54, 1.807) is 6.20 Å². The van der Waals surface area contributed by atoms with Crippen LogP contribution in [0, 0.1) is 0 Å². The summed E-state index contributed by atoms with van der Waals surface area (Å²) < 4.78 is 0. The Labute approximate surface area is 91.6 Å². The molecule has 0 aromatic carbocycles. The summed E-state index contributed by atoms with van der Waals surface area (Å²) in [7, 11) is 0. The summed E-state index contributed by atoms with van der Waals surface area (Å²) in [5.74, 6) is 0. The van der Waals surface area contributed by atoms with E-state index in [1.807, 2.05) is 24.3 Å². The lowest BCUT2D eigenvalue weighted by Crippen LogP contribution is -1.75. The second-order valence-corrected chi connectivity index (χ2v) is 3.16. The van der Waals surface area contributed by atoms with Crippen LogP contribution >= 0.6 is 0 Å². The first-order valence-electron chi connectivity index (χ1n) is 4.88. The molecule has 0 fully saturated rings. The van der Waals surface area contributed by atoms with E-state index in [0.29, 0.717) is 18.6 Å². The van der Waals surface area contributed by atoms with Crippen LogP contribution < -0.4 is 0 Å². The fraction of sp³-hybridized carbons (Fsp3) is 0.200. The van der Waals surface area contributed by atoms with Gasteiger partial charge in [-0.3, -0.25) is 5.10 Å². The van der Waals surface area contributed by atoms with E-state index in [4.69, 9.17) is 5.53 Å². The molecule has 6 heteroatoms. The largest absolute Gasteiger partial charge is 0.276 e. The van der Waals surface area contributed by atoms with Crippen LogP contribution in [-0.2, 0) is 0 Å². The first kappa shape index (κ1) is 10.2. The Kier molecular flexibility index (Phi) is 3.15. The molecule has 2 aromatic heterocycles. The minimum Gasteiger partial charge on any atom is -0.276 e. The molecule has 0 saturated carbocycles. The Bertz CT molecular complexity index is 549. The van der Waals surface area contributed by atoms with Crippen molar-refractivity contribution in [2.75, 3.05) is 6.54 Å². The van der Waals surface area contributed by atoms with Gasteiger partial charge in [0, 0.05) is 23.0 Å². The molecule has 0 bridgehead atoms. The molecule has 0 amide bonds.